The van der Waals surface area contributed by atoms with Gasteiger partial charge in [0.25, 0.3) is 0 Å². The highest BCUT2D eigenvalue weighted by atomic mass is 16.7. The molecule has 0 aromatic heterocycles. The summed E-state index contributed by atoms with van der Waals surface area (Å²) in [5, 5.41) is 9.20. The van der Waals surface area contributed by atoms with Crippen LogP contribution in [0.2, 0.25) is 0 Å². The van der Waals surface area contributed by atoms with Crippen molar-refractivity contribution in [3.8, 4) is 0 Å². The van der Waals surface area contributed by atoms with Crippen LogP contribution in [0, 0.1) is 5.92 Å². The van der Waals surface area contributed by atoms with Crippen LogP contribution in [-0.2, 0) is 9.47 Å². The maximum Gasteiger partial charge on any atom is 0.162 e. The Hall–Kier alpha value is -0.120. The van der Waals surface area contributed by atoms with Crippen molar-refractivity contribution in [3.63, 3.8) is 0 Å². The molecule has 1 aliphatic heterocycles. The van der Waals surface area contributed by atoms with Crippen molar-refractivity contribution >= 4 is 0 Å². The minimum atomic E-state index is -0.603. The first-order valence-corrected chi connectivity index (χ1v) is 3.72. The van der Waals surface area contributed by atoms with E-state index in [0.717, 1.165) is 12.8 Å². The molecule has 0 aromatic rings. The first-order chi connectivity index (χ1) is 4.84. The van der Waals surface area contributed by atoms with E-state index in [1.54, 1.807) is 0 Å². The molecule has 1 aliphatic rings. The van der Waals surface area contributed by atoms with Gasteiger partial charge >= 0.3 is 0 Å². The van der Waals surface area contributed by atoms with Crippen LogP contribution in [0.5, 0.6) is 0 Å². The third-order valence-electron chi connectivity index (χ3n) is 1.72. The van der Waals surface area contributed by atoms with Gasteiger partial charge in [-0.1, -0.05) is 13.3 Å². The van der Waals surface area contributed by atoms with Crippen molar-refractivity contribution in [2.24, 2.45) is 5.92 Å². The van der Waals surface area contributed by atoms with Crippen LogP contribution >= 0.6 is 0 Å². The molecule has 1 heterocycles. The van der Waals surface area contributed by atoms with Crippen LogP contribution in [0.25, 0.3) is 0 Å². The molecule has 0 spiro atoms. The zero-order chi connectivity index (χ0) is 7.40. The van der Waals surface area contributed by atoms with E-state index in [4.69, 9.17) is 9.47 Å². The highest BCUT2D eigenvalue weighted by Crippen LogP contribution is 2.16. The lowest BCUT2D eigenvalue weighted by atomic mass is 10.0. The first-order valence-electron chi connectivity index (χ1n) is 3.72. The fraction of sp³-hybridized carbons (Fsp3) is 1.00. The van der Waals surface area contributed by atoms with E-state index in [2.05, 4.69) is 6.92 Å². The lowest BCUT2D eigenvalue weighted by Crippen LogP contribution is -2.33. The van der Waals surface area contributed by atoms with Gasteiger partial charge in [0, 0.05) is 5.92 Å². The van der Waals surface area contributed by atoms with E-state index < -0.39 is 6.29 Å². The average Bonchev–Trinajstić information content (AvgIpc) is 1.94. The van der Waals surface area contributed by atoms with Gasteiger partial charge in [-0.05, 0) is 6.42 Å². The summed E-state index contributed by atoms with van der Waals surface area (Å²) in [7, 11) is 0. The normalized spacial score (nSPS) is 34.2. The number of hydrogen-bond acceptors (Lipinski definition) is 3. The van der Waals surface area contributed by atoms with Gasteiger partial charge in [-0.25, -0.2) is 0 Å². The average molecular weight is 146 g/mol. The summed E-state index contributed by atoms with van der Waals surface area (Å²) in [4.78, 5) is 0. The molecule has 1 fully saturated rings. The van der Waals surface area contributed by atoms with Gasteiger partial charge in [0.2, 0.25) is 0 Å². The second kappa shape index (κ2) is 3.91. The third kappa shape index (κ3) is 1.94. The molecule has 0 radical (unpaired) electrons. The standard InChI is InChI=1S/C7H14O3/c1-2-3-6-4-9-5-10-7(6)8/h6-8H,2-5H2,1H3/t6-,7?/m0/s1. The molecule has 0 amide bonds. The van der Waals surface area contributed by atoms with Gasteiger partial charge in [0.1, 0.15) is 6.79 Å². The van der Waals surface area contributed by atoms with Crippen LogP contribution < -0.4 is 0 Å². The summed E-state index contributed by atoms with van der Waals surface area (Å²) in [5.41, 5.74) is 0. The van der Waals surface area contributed by atoms with Gasteiger partial charge in [0.15, 0.2) is 6.29 Å². The number of aliphatic hydroxyl groups excluding tert-OH is 1. The molecule has 1 saturated heterocycles. The minimum absolute atomic E-state index is 0.179. The molecular weight excluding hydrogens is 132 g/mol. The molecule has 1 unspecified atom stereocenters. The molecule has 0 saturated carbocycles. The lowest BCUT2D eigenvalue weighted by Gasteiger charge is -2.27. The molecule has 0 aliphatic carbocycles. The molecule has 1 N–H and O–H groups in total. The number of hydrogen-bond donors (Lipinski definition) is 1. The fourth-order valence-electron chi connectivity index (χ4n) is 1.13. The van der Waals surface area contributed by atoms with E-state index in [9.17, 15) is 5.11 Å². The Kier molecular flexibility index (Phi) is 3.12. The molecule has 60 valence electrons. The summed E-state index contributed by atoms with van der Waals surface area (Å²) < 4.78 is 9.90. The van der Waals surface area contributed by atoms with Crippen LogP contribution in [0.15, 0.2) is 0 Å². The van der Waals surface area contributed by atoms with Gasteiger partial charge in [-0.15, -0.1) is 0 Å². The summed E-state index contributed by atoms with van der Waals surface area (Å²) in [6, 6.07) is 0. The van der Waals surface area contributed by atoms with Crippen LogP contribution in [0.1, 0.15) is 19.8 Å². The van der Waals surface area contributed by atoms with Crippen molar-refractivity contribution in [2.45, 2.75) is 26.1 Å². The van der Waals surface area contributed by atoms with Gasteiger partial charge in [-0.2, -0.15) is 0 Å². The Balaban J connectivity index is 2.25. The largest absolute Gasteiger partial charge is 0.368 e. The zero-order valence-electron chi connectivity index (χ0n) is 6.25. The predicted octanol–water partition coefficient (Wildman–Crippen LogP) is 0.725. The molecule has 1 rings (SSSR count). The summed E-state index contributed by atoms with van der Waals surface area (Å²) in [5.74, 6) is 0.179. The van der Waals surface area contributed by atoms with Crippen molar-refractivity contribution in [1.82, 2.24) is 0 Å². The molecule has 0 aromatic carbocycles. The fourth-order valence-corrected chi connectivity index (χ4v) is 1.13. The van der Waals surface area contributed by atoms with E-state index in [0.29, 0.717) is 6.61 Å². The molecule has 2 atom stereocenters. The Morgan fingerprint density at radius 1 is 1.60 bits per heavy atom. The zero-order valence-corrected chi connectivity index (χ0v) is 6.25. The maximum absolute atomic E-state index is 9.20. The van der Waals surface area contributed by atoms with E-state index >= 15 is 0 Å². The second-order valence-electron chi connectivity index (χ2n) is 2.59. The van der Waals surface area contributed by atoms with Crippen molar-refractivity contribution in [3.05, 3.63) is 0 Å². The molecule has 0 bridgehead atoms. The third-order valence-corrected chi connectivity index (χ3v) is 1.72. The van der Waals surface area contributed by atoms with E-state index in [1.165, 1.54) is 0 Å². The topological polar surface area (TPSA) is 38.7 Å². The maximum atomic E-state index is 9.20. The smallest absolute Gasteiger partial charge is 0.162 e. The molecule has 3 nitrogen and oxygen atoms in total. The van der Waals surface area contributed by atoms with Crippen LogP contribution in [0.3, 0.4) is 0 Å². The summed E-state index contributed by atoms with van der Waals surface area (Å²) >= 11 is 0. The SMILES string of the molecule is CCC[C@H]1COCOC1O. The molecule has 10 heavy (non-hydrogen) atoms. The predicted molar refractivity (Wildman–Crippen MR) is 36.3 cm³/mol. The van der Waals surface area contributed by atoms with E-state index in [-0.39, 0.29) is 12.7 Å². The Bertz CT molecular complexity index is 92.9. The van der Waals surface area contributed by atoms with Gasteiger partial charge < -0.3 is 14.6 Å². The summed E-state index contributed by atoms with van der Waals surface area (Å²) in [6.45, 7) is 2.96. The highest BCUT2D eigenvalue weighted by Gasteiger charge is 2.22. The van der Waals surface area contributed by atoms with Crippen molar-refractivity contribution in [2.75, 3.05) is 13.4 Å². The summed E-state index contributed by atoms with van der Waals surface area (Å²) in [6.07, 6.45) is 1.43. The minimum Gasteiger partial charge on any atom is -0.368 e. The lowest BCUT2D eigenvalue weighted by molar-refractivity contribution is -0.245. The first kappa shape index (κ1) is 7.98. The quantitative estimate of drug-likeness (QED) is 0.624. The second-order valence-corrected chi connectivity index (χ2v) is 2.59. The van der Waals surface area contributed by atoms with Gasteiger partial charge in [0.05, 0.1) is 6.61 Å². The Morgan fingerprint density at radius 2 is 2.40 bits per heavy atom. The van der Waals surface area contributed by atoms with Crippen LogP contribution in [-0.4, -0.2) is 24.8 Å². The van der Waals surface area contributed by atoms with Crippen molar-refractivity contribution in [1.29, 1.82) is 0 Å². The van der Waals surface area contributed by atoms with Gasteiger partial charge in [-0.3, -0.25) is 0 Å². The van der Waals surface area contributed by atoms with Crippen molar-refractivity contribution < 1.29 is 14.6 Å². The highest BCUT2D eigenvalue weighted by molar-refractivity contribution is 4.62. The van der Waals surface area contributed by atoms with E-state index in [1.807, 2.05) is 0 Å². The Labute approximate surface area is 60.9 Å². The number of rotatable bonds is 2. The molecule has 3 heteroatoms. The monoisotopic (exact) mass is 146 g/mol. The number of ether oxygens (including phenoxy) is 2. The number of aliphatic hydroxyl groups is 1. The van der Waals surface area contributed by atoms with Crippen LogP contribution in [0.4, 0.5) is 0 Å². The molecular formula is C7H14O3. The Morgan fingerprint density at radius 3 is 3.00 bits per heavy atom.